The van der Waals surface area contributed by atoms with Gasteiger partial charge in [-0.2, -0.15) is 0 Å². The van der Waals surface area contributed by atoms with Crippen LogP contribution in [0.2, 0.25) is 0 Å². The zero-order valence-electron chi connectivity index (χ0n) is 13.1. The van der Waals surface area contributed by atoms with Gasteiger partial charge in [-0.3, -0.25) is 4.79 Å². The van der Waals surface area contributed by atoms with E-state index in [9.17, 15) is 14.7 Å². The van der Waals surface area contributed by atoms with E-state index in [0.29, 0.717) is 6.54 Å². The van der Waals surface area contributed by atoms with Gasteiger partial charge >= 0.3 is 5.97 Å². The van der Waals surface area contributed by atoms with Gasteiger partial charge in [0.15, 0.2) is 0 Å². The minimum absolute atomic E-state index is 0.174. The van der Waals surface area contributed by atoms with Crippen LogP contribution < -0.4 is 11.0 Å². The molecule has 0 fully saturated rings. The van der Waals surface area contributed by atoms with E-state index in [1.54, 1.807) is 0 Å². The number of carboxylic acids is 1. The van der Waals surface area contributed by atoms with E-state index < -0.39 is 11.5 Å². The molecule has 0 spiro atoms. The number of aryl methyl sites for hydroxylation is 2. The van der Waals surface area contributed by atoms with Crippen LogP contribution in [-0.2, 0) is 12.8 Å². The number of nitrogens with one attached hydrogen (secondary N) is 1. The number of fused-ring (bicyclic) bond motifs is 3. The molecule has 5 nitrogen and oxygen atoms in total. The number of carbonyl (C=O) groups is 1. The van der Waals surface area contributed by atoms with Crippen LogP contribution in [0.4, 0.5) is 0 Å². The molecule has 2 aromatic rings. The molecule has 0 saturated heterocycles. The number of rotatable bonds is 5. The molecule has 3 rings (SSSR count). The third-order valence-corrected chi connectivity index (χ3v) is 4.25. The second-order valence-electron chi connectivity index (χ2n) is 5.80. The first-order valence-electron chi connectivity index (χ1n) is 7.98. The smallest absolute Gasteiger partial charge is 0.341 e. The molecule has 1 aromatic heterocycles. The first kappa shape index (κ1) is 15.3. The third kappa shape index (κ3) is 2.74. The van der Waals surface area contributed by atoms with Gasteiger partial charge in [0, 0.05) is 12.1 Å². The molecular weight excluding hydrogens is 292 g/mol. The van der Waals surface area contributed by atoms with E-state index in [1.165, 1.54) is 16.3 Å². The zero-order chi connectivity index (χ0) is 16.4. The Labute approximate surface area is 134 Å². The largest absolute Gasteiger partial charge is 0.477 e. The minimum atomic E-state index is -1.18. The lowest BCUT2D eigenvalue weighted by molar-refractivity contribution is 0.0694. The van der Waals surface area contributed by atoms with Gasteiger partial charge in [-0.25, -0.2) is 9.47 Å². The number of pyridine rings is 1. The van der Waals surface area contributed by atoms with Gasteiger partial charge in [0.25, 0.3) is 5.56 Å². The number of benzene rings is 1. The SMILES string of the molecule is CCCCNn1c2c(cc(C(=O)O)c1=O)CCc1ccccc1-2. The number of hydrogen-bond donors (Lipinski definition) is 2. The highest BCUT2D eigenvalue weighted by atomic mass is 16.4. The van der Waals surface area contributed by atoms with Gasteiger partial charge in [-0.05, 0) is 36.5 Å². The summed E-state index contributed by atoms with van der Waals surface area (Å²) in [6, 6.07) is 9.52. The molecule has 0 atom stereocenters. The van der Waals surface area contributed by atoms with Crippen LogP contribution in [0, 0.1) is 0 Å². The molecule has 0 amide bonds. The summed E-state index contributed by atoms with van der Waals surface area (Å²) in [7, 11) is 0. The Morgan fingerprint density at radius 1 is 1.26 bits per heavy atom. The maximum atomic E-state index is 12.6. The number of unbranched alkanes of at least 4 members (excludes halogenated alkanes) is 1. The Bertz CT molecular complexity index is 808. The molecule has 1 heterocycles. The van der Waals surface area contributed by atoms with Crippen molar-refractivity contribution < 1.29 is 9.90 Å². The first-order chi connectivity index (χ1) is 11.1. The van der Waals surface area contributed by atoms with E-state index in [0.717, 1.165) is 42.5 Å². The minimum Gasteiger partial charge on any atom is -0.477 e. The number of aromatic nitrogens is 1. The van der Waals surface area contributed by atoms with Crippen molar-refractivity contribution in [3.63, 3.8) is 0 Å². The summed E-state index contributed by atoms with van der Waals surface area (Å²) in [5, 5.41) is 9.32. The van der Waals surface area contributed by atoms with Crippen LogP contribution >= 0.6 is 0 Å². The number of aromatic carboxylic acids is 1. The summed E-state index contributed by atoms with van der Waals surface area (Å²) in [5.41, 5.74) is 6.35. The topological polar surface area (TPSA) is 71.3 Å². The lowest BCUT2D eigenvalue weighted by Crippen LogP contribution is -2.36. The van der Waals surface area contributed by atoms with E-state index in [2.05, 4.69) is 18.4 Å². The molecule has 0 aliphatic heterocycles. The number of nitrogens with zero attached hydrogens (tertiary/aromatic N) is 1. The van der Waals surface area contributed by atoms with Crippen LogP contribution in [0.15, 0.2) is 35.1 Å². The molecule has 0 unspecified atom stereocenters. The molecule has 2 N–H and O–H groups in total. The molecule has 0 bridgehead atoms. The van der Waals surface area contributed by atoms with E-state index in [1.807, 2.05) is 18.2 Å². The van der Waals surface area contributed by atoms with Crippen molar-refractivity contribution in [1.82, 2.24) is 4.68 Å². The fraction of sp³-hybridized carbons (Fsp3) is 0.333. The Kier molecular flexibility index (Phi) is 4.19. The summed E-state index contributed by atoms with van der Waals surface area (Å²) in [5.74, 6) is -1.18. The van der Waals surface area contributed by atoms with Gasteiger partial charge in [0.1, 0.15) is 5.56 Å². The third-order valence-electron chi connectivity index (χ3n) is 4.25. The van der Waals surface area contributed by atoms with Crippen molar-refractivity contribution in [1.29, 1.82) is 0 Å². The lowest BCUT2D eigenvalue weighted by atomic mass is 9.88. The average molecular weight is 312 g/mol. The van der Waals surface area contributed by atoms with Crippen LogP contribution in [0.5, 0.6) is 0 Å². The van der Waals surface area contributed by atoms with Crippen molar-refractivity contribution in [2.45, 2.75) is 32.6 Å². The predicted molar refractivity (Wildman–Crippen MR) is 89.6 cm³/mol. The predicted octanol–water partition coefficient (Wildman–Crippen LogP) is 2.66. The van der Waals surface area contributed by atoms with Gasteiger partial charge < -0.3 is 10.5 Å². The van der Waals surface area contributed by atoms with Crippen molar-refractivity contribution in [2.75, 3.05) is 12.0 Å². The Morgan fingerprint density at radius 2 is 2.00 bits per heavy atom. The zero-order valence-corrected chi connectivity index (χ0v) is 13.1. The maximum Gasteiger partial charge on any atom is 0.341 e. The molecular formula is C18H20N2O3. The number of carboxylic acid groups (broad SMARTS) is 1. The second-order valence-corrected chi connectivity index (χ2v) is 5.80. The molecule has 0 saturated carbocycles. The van der Waals surface area contributed by atoms with E-state index in [-0.39, 0.29) is 5.56 Å². The average Bonchev–Trinajstić information content (AvgIpc) is 2.56. The van der Waals surface area contributed by atoms with Gasteiger partial charge in [0.05, 0.1) is 5.69 Å². The highest BCUT2D eigenvalue weighted by Gasteiger charge is 2.24. The molecule has 23 heavy (non-hydrogen) atoms. The van der Waals surface area contributed by atoms with Crippen molar-refractivity contribution in [3.05, 3.63) is 57.4 Å². The van der Waals surface area contributed by atoms with Crippen LogP contribution in [0.1, 0.15) is 41.3 Å². The molecule has 1 aliphatic rings. The molecule has 5 heteroatoms. The highest BCUT2D eigenvalue weighted by molar-refractivity contribution is 5.88. The van der Waals surface area contributed by atoms with Crippen LogP contribution in [0.3, 0.4) is 0 Å². The fourth-order valence-corrected chi connectivity index (χ4v) is 3.06. The molecule has 1 aromatic carbocycles. The van der Waals surface area contributed by atoms with Gasteiger partial charge in [-0.1, -0.05) is 37.6 Å². The van der Waals surface area contributed by atoms with Crippen molar-refractivity contribution in [2.24, 2.45) is 0 Å². The van der Waals surface area contributed by atoms with Crippen molar-refractivity contribution >= 4 is 5.97 Å². The fourth-order valence-electron chi connectivity index (χ4n) is 3.06. The monoisotopic (exact) mass is 312 g/mol. The maximum absolute atomic E-state index is 12.6. The summed E-state index contributed by atoms with van der Waals surface area (Å²) < 4.78 is 1.44. The summed E-state index contributed by atoms with van der Waals surface area (Å²) in [4.78, 5) is 24.0. The van der Waals surface area contributed by atoms with Crippen LogP contribution in [0.25, 0.3) is 11.3 Å². The Morgan fingerprint density at radius 3 is 2.74 bits per heavy atom. The Hall–Kier alpha value is -2.56. The van der Waals surface area contributed by atoms with Crippen molar-refractivity contribution in [3.8, 4) is 11.3 Å². The van der Waals surface area contributed by atoms with E-state index >= 15 is 0 Å². The summed E-state index contributed by atoms with van der Waals surface area (Å²) >= 11 is 0. The normalized spacial score (nSPS) is 12.4. The summed E-state index contributed by atoms with van der Waals surface area (Å²) in [6.07, 6.45) is 3.51. The summed E-state index contributed by atoms with van der Waals surface area (Å²) in [6.45, 7) is 2.71. The van der Waals surface area contributed by atoms with Gasteiger partial charge in [0.2, 0.25) is 0 Å². The lowest BCUT2D eigenvalue weighted by Gasteiger charge is -2.25. The highest BCUT2D eigenvalue weighted by Crippen LogP contribution is 2.32. The standard InChI is InChI=1S/C18H20N2O3/c1-2-3-10-19-20-16-13(11-15(17(20)21)18(22)23)9-8-12-6-4-5-7-14(12)16/h4-7,11,19H,2-3,8-10H2,1H3,(H,22,23). The van der Waals surface area contributed by atoms with E-state index in [4.69, 9.17) is 0 Å². The van der Waals surface area contributed by atoms with Gasteiger partial charge in [-0.15, -0.1) is 0 Å². The first-order valence-corrected chi connectivity index (χ1v) is 7.98. The molecule has 120 valence electrons. The molecule has 1 aliphatic carbocycles. The quantitative estimate of drug-likeness (QED) is 0.833. The van der Waals surface area contributed by atoms with Crippen LogP contribution in [-0.4, -0.2) is 22.3 Å². The second kappa shape index (κ2) is 6.28. The number of hydrogen-bond acceptors (Lipinski definition) is 3. The Balaban J connectivity index is 2.21. The molecule has 0 radical (unpaired) electrons.